The van der Waals surface area contributed by atoms with Gasteiger partial charge in [-0.25, -0.2) is 4.79 Å². The SMILES string of the molecule is CCC(=O)C1=C(O)C(=O)N(c2cccc(C(=O)OC)c2)C1c1ccc(C(C)(C)C)cc1. The number of methoxy groups -OCH3 is 1. The number of nitrogens with zero attached hydrogens (tertiary/aromatic N) is 1. The molecule has 2 aromatic carbocycles. The molecule has 0 aliphatic carbocycles. The Hall–Kier alpha value is -3.41. The largest absolute Gasteiger partial charge is 0.503 e. The Kier molecular flexibility index (Phi) is 6.02. The number of rotatable bonds is 5. The molecule has 6 heteroatoms. The van der Waals surface area contributed by atoms with E-state index in [0.29, 0.717) is 11.3 Å². The second-order valence-electron chi connectivity index (χ2n) is 8.53. The third-order valence-corrected chi connectivity index (χ3v) is 5.47. The Morgan fingerprint density at radius 3 is 2.29 bits per heavy atom. The van der Waals surface area contributed by atoms with E-state index in [4.69, 9.17) is 4.74 Å². The van der Waals surface area contributed by atoms with Crippen LogP contribution in [0.5, 0.6) is 0 Å². The number of carbonyl (C=O) groups excluding carboxylic acids is 3. The number of aliphatic hydroxyl groups is 1. The summed E-state index contributed by atoms with van der Waals surface area (Å²) in [7, 11) is 1.28. The van der Waals surface area contributed by atoms with Gasteiger partial charge in [0.05, 0.1) is 24.3 Å². The van der Waals surface area contributed by atoms with Crippen molar-refractivity contribution in [1.82, 2.24) is 0 Å². The normalized spacial score (nSPS) is 16.6. The Morgan fingerprint density at radius 1 is 1.10 bits per heavy atom. The van der Waals surface area contributed by atoms with Gasteiger partial charge in [-0.05, 0) is 34.7 Å². The Balaban J connectivity index is 2.15. The summed E-state index contributed by atoms with van der Waals surface area (Å²) in [5.41, 5.74) is 2.48. The first-order chi connectivity index (χ1) is 14.6. The molecule has 2 aromatic rings. The molecular weight excluding hydrogens is 394 g/mol. The van der Waals surface area contributed by atoms with Crippen LogP contribution < -0.4 is 4.90 Å². The predicted octanol–water partition coefficient (Wildman–Crippen LogP) is 4.65. The minimum Gasteiger partial charge on any atom is -0.503 e. The van der Waals surface area contributed by atoms with Crippen molar-refractivity contribution in [2.45, 2.75) is 45.6 Å². The molecule has 1 N–H and O–H groups in total. The molecule has 31 heavy (non-hydrogen) atoms. The highest BCUT2D eigenvalue weighted by Gasteiger charge is 2.44. The maximum atomic E-state index is 13.0. The zero-order chi connectivity index (χ0) is 22.9. The molecule has 0 spiro atoms. The van der Waals surface area contributed by atoms with E-state index in [9.17, 15) is 19.5 Å². The van der Waals surface area contributed by atoms with Gasteiger partial charge < -0.3 is 9.84 Å². The number of esters is 1. The van der Waals surface area contributed by atoms with Crippen LogP contribution in [0, 0.1) is 0 Å². The van der Waals surface area contributed by atoms with Gasteiger partial charge in [0.1, 0.15) is 0 Å². The van der Waals surface area contributed by atoms with Crippen LogP contribution in [0.3, 0.4) is 0 Å². The molecule has 0 radical (unpaired) electrons. The van der Waals surface area contributed by atoms with E-state index in [0.717, 1.165) is 5.56 Å². The molecule has 0 saturated carbocycles. The van der Waals surface area contributed by atoms with Gasteiger partial charge in [0.25, 0.3) is 5.91 Å². The van der Waals surface area contributed by atoms with Crippen molar-refractivity contribution in [1.29, 1.82) is 0 Å². The third kappa shape index (κ3) is 4.10. The molecule has 0 bridgehead atoms. The maximum Gasteiger partial charge on any atom is 0.337 e. The van der Waals surface area contributed by atoms with Gasteiger partial charge in [0, 0.05) is 12.1 Å². The summed E-state index contributed by atoms with van der Waals surface area (Å²) in [5, 5.41) is 10.6. The number of amides is 1. The van der Waals surface area contributed by atoms with E-state index in [1.54, 1.807) is 25.1 Å². The van der Waals surface area contributed by atoms with E-state index >= 15 is 0 Å². The van der Waals surface area contributed by atoms with E-state index in [1.807, 2.05) is 24.3 Å². The second-order valence-corrected chi connectivity index (χ2v) is 8.53. The monoisotopic (exact) mass is 421 g/mol. The van der Waals surface area contributed by atoms with Crippen molar-refractivity contribution in [3.05, 3.63) is 76.6 Å². The molecule has 162 valence electrons. The first-order valence-corrected chi connectivity index (χ1v) is 10.2. The lowest BCUT2D eigenvalue weighted by molar-refractivity contribution is -0.118. The van der Waals surface area contributed by atoms with Crippen LogP contribution in [0.4, 0.5) is 5.69 Å². The molecule has 1 atom stereocenters. The molecule has 0 aromatic heterocycles. The van der Waals surface area contributed by atoms with Crippen molar-refractivity contribution in [2.75, 3.05) is 12.0 Å². The number of ether oxygens (including phenoxy) is 1. The molecule has 6 nitrogen and oxygen atoms in total. The Bertz CT molecular complexity index is 1060. The van der Waals surface area contributed by atoms with Crippen molar-refractivity contribution in [3.8, 4) is 0 Å². The van der Waals surface area contributed by atoms with E-state index in [-0.39, 0.29) is 28.8 Å². The van der Waals surface area contributed by atoms with Gasteiger partial charge >= 0.3 is 5.97 Å². The number of aliphatic hydroxyl groups excluding tert-OH is 1. The molecule has 0 fully saturated rings. The van der Waals surface area contributed by atoms with Crippen LogP contribution in [-0.4, -0.2) is 29.9 Å². The molecule has 3 rings (SSSR count). The van der Waals surface area contributed by atoms with Crippen LogP contribution in [0.1, 0.15) is 61.6 Å². The van der Waals surface area contributed by atoms with Gasteiger partial charge in [-0.3, -0.25) is 14.5 Å². The summed E-state index contributed by atoms with van der Waals surface area (Å²) in [6.07, 6.45) is 0.152. The summed E-state index contributed by atoms with van der Waals surface area (Å²) in [6, 6.07) is 13.3. The zero-order valence-corrected chi connectivity index (χ0v) is 18.4. The minimum absolute atomic E-state index is 0.0569. The van der Waals surface area contributed by atoms with Gasteiger partial charge in [-0.15, -0.1) is 0 Å². The number of carbonyl (C=O) groups is 3. The van der Waals surface area contributed by atoms with Gasteiger partial charge in [0.2, 0.25) is 0 Å². The number of Topliss-reactive ketones (excluding diaryl/α,β-unsaturated/α-hetero) is 1. The molecule has 1 aliphatic rings. The van der Waals surface area contributed by atoms with Gasteiger partial charge in [-0.1, -0.05) is 58.0 Å². The lowest BCUT2D eigenvalue weighted by atomic mass is 9.85. The van der Waals surface area contributed by atoms with E-state index in [2.05, 4.69) is 20.8 Å². The molecule has 0 saturated heterocycles. The number of anilines is 1. The van der Waals surface area contributed by atoms with Crippen molar-refractivity contribution in [3.63, 3.8) is 0 Å². The van der Waals surface area contributed by atoms with Crippen molar-refractivity contribution in [2.24, 2.45) is 0 Å². The van der Waals surface area contributed by atoms with Crippen LogP contribution in [0.25, 0.3) is 0 Å². The maximum absolute atomic E-state index is 13.0. The summed E-state index contributed by atoms with van der Waals surface area (Å²) < 4.78 is 4.78. The fourth-order valence-corrected chi connectivity index (χ4v) is 3.73. The number of ketones is 1. The van der Waals surface area contributed by atoms with Crippen LogP contribution in [0.15, 0.2) is 59.9 Å². The van der Waals surface area contributed by atoms with Crippen LogP contribution in [-0.2, 0) is 19.7 Å². The average Bonchev–Trinajstić information content (AvgIpc) is 3.03. The molecule has 1 amide bonds. The zero-order valence-electron chi connectivity index (χ0n) is 18.4. The first kappa shape index (κ1) is 22.3. The minimum atomic E-state index is -0.790. The van der Waals surface area contributed by atoms with Crippen molar-refractivity contribution < 1.29 is 24.2 Å². The molecular formula is C25H27NO5. The summed E-state index contributed by atoms with van der Waals surface area (Å²) in [4.78, 5) is 39.1. The van der Waals surface area contributed by atoms with Crippen molar-refractivity contribution >= 4 is 23.3 Å². The highest BCUT2D eigenvalue weighted by molar-refractivity contribution is 6.16. The van der Waals surface area contributed by atoms with Gasteiger partial charge in [-0.2, -0.15) is 0 Å². The highest BCUT2D eigenvalue weighted by Crippen LogP contribution is 2.42. The lowest BCUT2D eigenvalue weighted by Crippen LogP contribution is -2.31. The fraction of sp³-hybridized carbons (Fsp3) is 0.320. The van der Waals surface area contributed by atoms with E-state index in [1.165, 1.54) is 18.1 Å². The second kappa shape index (κ2) is 8.38. The first-order valence-electron chi connectivity index (χ1n) is 10.2. The molecule has 1 unspecified atom stereocenters. The molecule has 1 heterocycles. The Morgan fingerprint density at radius 2 is 1.74 bits per heavy atom. The fourth-order valence-electron chi connectivity index (χ4n) is 3.73. The summed E-state index contributed by atoms with van der Waals surface area (Å²) >= 11 is 0. The van der Waals surface area contributed by atoms with E-state index < -0.39 is 23.7 Å². The topological polar surface area (TPSA) is 83.9 Å². The number of hydrogen-bond acceptors (Lipinski definition) is 5. The van der Waals surface area contributed by atoms with Crippen LogP contribution >= 0.6 is 0 Å². The molecule has 1 aliphatic heterocycles. The quantitative estimate of drug-likeness (QED) is 0.711. The predicted molar refractivity (Wildman–Crippen MR) is 118 cm³/mol. The number of hydrogen-bond donors (Lipinski definition) is 1. The third-order valence-electron chi connectivity index (χ3n) is 5.47. The smallest absolute Gasteiger partial charge is 0.337 e. The summed E-state index contributed by atoms with van der Waals surface area (Å²) in [5.74, 6) is -2.08. The summed E-state index contributed by atoms with van der Waals surface area (Å²) in [6.45, 7) is 7.99. The van der Waals surface area contributed by atoms with Gasteiger partial charge in [0.15, 0.2) is 11.5 Å². The average molecular weight is 421 g/mol. The lowest BCUT2D eigenvalue weighted by Gasteiger charge is -2.28. The standard InChI is InChI=1S/C25H27NO5/c1-6-19(27)20-21(15-10-12-17(13-11-15)25(2,3)4)26(23(29)22(20)28)18-9-7-8-16(14-18)24(30)31-5/h7-14,21,28H,6H2,1-5H3. The highest BCUT2D eigenvalue weighted by atomic mass is 16.5. The Labute approximate surface area is 182 Å². The van der Waals surface area contributed by atoms with Crippen LogP contribution in [0.2, 0.25) is 0 Å². The number of benzene rings is 2.